The number of halogens is 1. The van der Waals surface area contributed by atoms with E-state index in [0.717, 1.165) is 18.4 Å². The highest BCUT2D eigenvalue weighted by atomic mass is 35.5. The molecule has 128 valence electrons. The fourth-order valence-electron chi connectivity index (χ4n) is 3.21. The number of hydrogen-bond acceptors (Lipinski definition) is 4. The van der Waals surface area contributed by atoms with E-state index >= 15 is 0 Å². The van der Waals surface area contributed by atoms with Gasteiger partial charge in [0.1, 0.15) is 6.10 Å². The first-order chi connectivity index (χ1) is 10.8. The molecule has 5 nitrogen and oxygen atoms in total. The molecule has 2 saturated heterocycles. The fourth-order valence-corrected chi connectivity index (χ4v) is 3.21. The number of nitrogens with zero attached hydrogens (tertiary/aromatic N) is 1. The van der Waals surface area contributed by atoms with E-state index in [2.05, 4.69) is 0 Å². The third-order valence-electron chi connectivity index (χ3n) is 4.61. The van der Waals surface area contributed by atoms with E-state index in [-0.39, 0.29) is 30.3 Å². The third-order valence-corrected chi connectivity index (χ3v) is 4.61. The molecule has 2 aliphatic heterocycles. The Hall–Kier alpha value is -1.14. The van der Waals surface area contributed by atoms with Crippen molar-refractivity contribution in [1.82, 2.24) is 4.90 Å². The molecule has 0 aromatic heterocycles. The number of carbonyl (C=O) groups is 1. The van der Waals surface area contributed by atoms with Crippen molar-refractivity contribution in [3.63, 3.8) is 0 Å². The Morgan fingerprint density at radius 2 is 1.87 bits per heavy atom. The number of amides is 1. The molecular formula is C17H25ClN2O3. The largest absolute Gasteiger partial charge is 0.381 e. The first-order valence-electron chi connectivity index (χ1n) is 8.04. The van der Waals surface area contributed by atoms with Crippen LogP contribution in [-0.2, 0) is 14.3 Å². The van der Waals surface area contributed by atoms with Gasteiger partial charge in [-0.2, -0.15) is 0 Å². The number of morpholine rings is 1. The zero-order valence-electron chi connectivity index (χ0n) is 13.2. The van der Waals surface area contributed by atoms with Crippen molar-refractivity contribution in [3.05, 3.63) is 35.9 Å². The second-order valence-corrected chi connectivity index (χ2v) is 6.03. The molecule has 0 radical (unpaired) electrons. The molecule has 3 rings (SSSR count). The zero-order valence-corrected chi connectivity index (χ0v) is 14.0. The monoisotopic (exact) mass is 340 g/mol. The molecule has 2 unspecified atom stereocenters. The van der Waals surface area contributed by atoms with Crippen LogP contribution in [0.25, 0.3) is 0 Å². The summed E-state index contributed by atoms with van der Waals surface area (Å²) in [5.41, 5.74) is 7.33. The van der Waals surface area contributed by atoms with Gasteiger partial charge >= 0.3 is 0 Å². The van der Waals surface area contributed by atoms with Crippen LogP contribution < -0.4 is 5.73 Å². The topological polar surface area (TPSA) is 64.8 Å². The Balaban J connectivity index is 0.00000192. The number of carbonyl (C=O) groups excluding carboxylic acids is 1. The average molecular weight is 341 g/mol. The van der Waals surface area contributed by atoms with Crippen molar-refractivity contribution in [3.8, 4) is 0 Å². The molecule has 0 aliphatic carbocycles. The zero-order chi connectivity index (χ0) is 15.4. The number of benzene rings is 1. The van der Waals surface area contributed by atoms with Crippen molar-refractivity contribution in [2.45, 2.75) is 25.0 Å². The summed E-state index contributed by atoms with van der Waals surface area (Å²) in [5.74, 6) is 0.287. The van der Waals surface area contributed by atoms with Gasteiger partial charge in [-0.1, -0.05) is 30.3 Å². The second-order valence-electron chi connectivity index (χ2n) is 6.03. The lowest BCUT2D eigenvalue weighted by molar-refractivity contribution is -0.142. The van der Waals surface area contributed by atoms with E-state index < -0.39 is 6.04 Å². The molecule has 1 aromatic carbocycles. The highest BCUT2D eigenvalue weighted by Gasteiger charge is 2.33. The molecule has 1 amide bonds. The lowest BCUT2D eigenvalue weighted by Crippen LogP contribution is -2.52. The molecule has 2 fully saturated rings. The number of rotatable bonds is 3. The van der Waals surface area contributed by atoms with Gasteiger partial charge in [-0.15, -0.1) is 12.4 Å². The molecule has 1 aromatic rings. The van der Waals surface area contributed by atoms with E-state index in [4.69, 9.17) is 15.2 Å². The van der Waals surface area contributed by atoms with Crippen molar-refractivity contribution in [1.29, 1.82) is 0 Å². The summed E-state index contributed by atoms with van der Waals surface area (Å²) < 4.78 is 11.2. The number of nitrogens with two attached hydrogens (primary N) is 1. The normalized spacial score (nSPS) is 23.9. The van der Waals surface area contributed by atoms with Gasteiger partial charge in [0.2, 0.25) is 5.91 Å². The molecular weight excluding hydrogens is 316 g/mol. The van der Waals surface area contributed by atoms with Crippen molar-refractivity contribution in [2.24, 2.45) is 11.7 Å². The average Bonchev–Trinajstić information content (AvgIpc) is 2.62. The molecule has 0 saturated carbocycles. The molecule has 0 bridgehead atoms. The Morgan fingerprint density at radius 1 is 1.17 bits per heavy atom. The van der Waals surface area contributed by atoms with E-state index in [0.29, 0.717) is 32.9 Å². The highest BCUT2D eigenvalue weighted by Crippen LogP contribution is 2.24. The summed E-state index contributed by atoms with van der Waals surface area (Å²) in [7, 11) is 0. The summed E-state index contributed by atoms with van der Waals surface area (Å²) in [6.45, 7) is 3.19. The summed E-state index contributed by atoms with van der Waals surface area (Å²) >= 11 is 0. The highest BCUT2D eigenvalue weighted by molar-refractivity contribution is 5.85. The van der Waals surface area contributed by atoms with Crippen molar-refractivity contribution in [2.75, 3.05) is 32.9 Å². The molecule has 2 aliphatic rings. The van der Waals surface area contributed by atoms with Gasteiger partial charge in [-0.05, 0) is 24.3 Å². The standard InChI is InChI=1S/C17H24N2O3.ClH/c18-16(14-6-9-21-10-7-14)17(20)19-8-11-22-15(12-19)13-4-2-1-3-5-13;/h1-5,14-16H,6-12,18H2;1H. The van der Waals surface area contributed by atoms with Gasteiger partial charge in [0.05, 0.1) is 19.2 Å². The summed E-state index contributed by atoms with van der Waals surface area (Å²) in [5, 5.41) is 0. The minimum Gasteiger partial charge on any atom is -0.381 e. The maximum atomic E-state index is 12.7. The Bertz CT molecular complexity index is 494. The maximum Gasteiger partial charge on any atom is 0.239 e. The quantitative estimate of drug-likeness (QED) is 0.910. The van der Waals surface area contributed by atoms with E-state index in [1.807, 2.05) is 35.2 Å². The van der Waals surface area contributed by atoms with Gasteiger partial charge < -0.3 is 20.1 Å². The van der Waals surface area contributed by atoms with Crippen LogP contribution in [0.2, 0.25) is 0 Å². The third kappa shape index (κ3) is 4.44. The van der Waals surface area contributed by atoms with Crippen LogP contribution in [0, 0.1) is 5.92 Å². The van der Waals surface area contributed by atoms with Gasteiger partial charge in [0.15, 0.2) is 0 Å². The molecule has 2 atom stereocenters. The van der Waals surface area contributed by atoms with E-state index in [1.54, 1.807) is 0 Å². The van der Waals surface area contributed by atoms with Crippen LogP contribution in [0.15, 0.2) is 30.3 Å². The number of hydrogen-bond donors (Lipinski definition) is 1. The molecule has 0 spiro atoms. The number of ether oxygens (including phenoxy) is 2. The Kier molecular flexibility index (Phi) is 6.84. The molecule has 2 N–H and O–H groups in total. The maximum absolute atomic E-state index is 12.7. The SMILES string of the molecule is Cl.NC(C(=O)N1CCOC(c2ccccc2)C1)C1CCOCC1. The minimum atomic E-state index is -0.418. The minimum absolute atomic E-state index is 0. The molecule has 23 heavy (non-hydrogen) atoms. The van der Waals surface area contributed by atoms with Gasteiger partial charge in [0.25, 0.3) is 0 Å². The van der Waals surface area contributed by atoms with Gasteiger partial charge in [-0.3, -0.25) is 4.79 Å². The van der Waals surface area contributed by atoms with Crippen LogP contribution >= 0.6 is 12.4 Å². The summed E-state index contributed by atoms with van der Waals surface area (Å²) in [6.07, 6.45) is 1.69. The summed E-state index contributed by atoms with van der Waals surface area (Å²) in [4.78, 5) is 14.5. The smallest absolute Gasteiger partial charge is 0.239 e. The fraction of sp³-hybridized carbons (Fsp3) is 0.588. The lowest BCUT2D eigenvalue weighted by Gasteiger charge is -2.36. The van der Waals surface area contributed by atoms with Gasteiger partial charge in [0, 0.05) is 19.8 Å². The van der Waals surface area contributed by atoms with Crippen LogP contribution in [0.1, 0.15) is 24.5 Å². The predicted molar refractivity (Wildman–Crippen MR) is 90.5 cm³/mol. The van der Waals surface area contributed by atoms with Crippen LogP contribution in [0.3, 0.4) is 0 Å². The van der Waals surface area contributed by atoms with E-state index in [1.165, 1.54) is 0 Å². The first kappa shape index (κ1) is 18.2. The van der Waals surface area contributed by atoms with Crippen LogP contribution in [-0.4, -0.2) is 49.8 Å². The molecule has 2 heterocycles. The van der Waals surface area contributed by atoms with Crippen LogP contribution in [0.4, 0.5) is 0 Å². The van der Waals surface area contributed by atoms with Gasteiger partial charge in [-0.25, -0.2) is 0 Å². The lowest BCUT2D eigenvalue weighted by atomic mass is 9.91. The predicted octanol–water partition coefficient (Wildman–Crippen LogP) is 1.76. The molecule has 6 heteroatoms. The van der Waals surface area contributed by atoms with E-state index in [9.17, 15) is 4.79 Å². The Morgan fingerprint density at radius 3 is 2.57 bits per heavy atom. The van der Waals surface area contributed by atoms with Crippen molar-refractivity contribution >= 4 is 18.3 Å². The van der Waals surface area contributed by atoms with Crippen molar-refractivity contribution < 1.29 is 14.3 Å². The van der Waals surface area contributed by atoms with Crippen LogP contribution in [0.5, 0.6) is 0 Å². The first-order valence-corrected chi connectivity index (χ1v) is 8.04. The second kappa shape index (κ2) is 8.64. The Labute approximate surface area is 143 Å². The summed E-state index contributed by atoms with van der Waals surface area (Å²) in [6, 6.07) is 9.63.